The lowest BCUT2D eigenvalue weighted by Gasteiger charge is -2.43. The fraction of sp³-hybridized carbons (Fsp3) is 0.929. The first kappa shape index (κ1) is 30.9. The van der Waals surface area contributed by atoms with Gasteiger partial charge in [0.2, 0.25) is 0 Å². The number of unbranched alkanes of at least 4 members (excludes halogenated alkanes) is 5. The molecule has 0 bridgehead atoms. The highest BCUT2D eigenvalue weighted by Crippen LogP contribution is 2.41. The molecule has 0 spiro atoms. The molecule has 0 aromatic heterocycles. The molecule has 5 atom stereocenters. The third-order valence-electron chi connectivity index (χ3n) is 7.63. The third-order valence-corrected chi connectivity index (χ3v) is 12.2. The second-order valence-electron chi connectivity index (χ2n) is 12.1. The standard InChI is InChI=1S/C28H54O6Si/c1-10-11-12-13-14-15-16-17-18-22-25-26(34-28(5,6)33-25)24(30-21-29-7)23(32-22)19-20-31-35(8,9)27(2,3)4/h16-17,22-26H,10-15,18-21H2,1-9H3/b17-16+/t22-,23+,24-,25-,26+/m1/s1. The maximum atomic E-state index is 6.66. The van der Waals surface area contributed by atoms with Crippen LogP contribution >= 0.6 is 0 Å². The van der Waals surface area contributed by atoms with Crippen molar-refractivity contribution in [3.05, 3.63) is 12.2 Å². The Labute approximate surface area is 216 Å². The zero-order chi connectivity index (χ0) is 26.1. The molecular formula is C28H54O6Si. The Morgan fingerprint density at radius 2 is 1.63 bits per heavy atom. The summed E-state index contributed by atoms with van der Waals surface area (Å²) in [6.07, 6.45) is 12.9. The predicted octanol–water partition coefficient (Wildman–Crippen LogP) is 6.98. The minimum atomic E-state index is -1.83. The van der Waals surface area contributed by atoms with Crippen molar-refractivity contribution < 1.29 is 28.1 Å². The van der Waals surface area contributed by atoms with Crippen LogP contribution in [0.2, 0.25) is 18.1 Å². The lowest BCUT2D eigenvalue weighted by atomic mass is 9.91. The van der Waals surface area contributed by atoms with Crippen LogP contribution in [-0.2, 0) is 28.1 Å². The van der Waals surface area contributed by atoms with Crippen molar-refractivity contribution in [3.63, 3.8) is 0 Å². The van der Waals surface area contributed by atoms with E-state index in [1.807, 2.05) is 13.8 Å². The van der Waals surface area contributed by atoms with E-state index in [0.717, 1.165) is 19.3 Å². The van der Waals surface area contributed by atoms with Gasteiger partial charge in [0, 0.05) is 13.7 Å². The van der Waals surface area contributed by atoms with Gasteiger partial charge in [-0.3, -0.25) is 0 Å². The Bertz CT molecular complexity index is 629. The van der Waals surface area contributed by atoms with E-state index in [2.05, 4.69) is 52.9 Å². The van der Waals surface area contributed by atoms with E-state index in [0.29, 0.717) is 6.61 Å². The summed E-state index contributed by atoms with van der Waals surface area (Å²) in [5.41, 5.74) is 0. The molecule has 0 saturated carbocycles. The second-order valence-corrected chi connectivity index (χ2v) is 16.9. The number of allylic oxidation sites excluding steroid dienone is 1. The molecule has 0 aromatic carbocycles. The van der Waals surface area contributed by atoms with Crippen LogP contribution < -0.4 is 0 Å². The lowest BCUT2D eigenvalue weighted by Crippen LogP contribution is -2.57. The molecule has 0 radical (unpaired) electrons. The van der Waals surface area contributed by atoms with Crippen molar-refractivity contribution in [2.45, 2.75) is 147 Å². The van der Waals surface area contributed by atoms with Crippen LogP contribution in [0, 0.1) is 0 Å². The number of rotatable bonds is 15. The van der Waals surface area contributed by atoms with Crippen LogP contribution in [0.25, 0.3) is 0 Å². The van der Waals surface area contributed by atoms with Crippen molar-refractivity contribution in [1.82, 2.24) is 0 Å². The first-order valence-corrected chi connectivity index (χ1v) is 16.7. The average Bonchev–Trinajstić information content (AvgIpc) is 3.09. The molecule has 35 heavy (non-hydrogen) atoms. The van der Waals surface area contributed by atoms with Crippen LogP contribution in [-0.4, -0.2) is 65.1 Å². The molecule has 2 saturated heterocycles. The van der Waals surface area contributed by atoms with E-state index in [9.17, 15) is 0 Å². The van der Waals surface area contributed by atoms with Gasteiger partial charge in [-0.05, 0) is 57.7 Å². The lowest BCUT2D eigenvalue weighted by molar-refractivity contribution is -0.225. The highest BCUT2D eigenvalue weighted by Gasteiger charge is 2.55. The Hall–Kier alpha value is -0.283. The quantitative estimate of drug-likeness (QED) is 0.102. The summed E-state index contributed by atoms with van der Waals surface area (Å²) in [5.74, 6) is -0.666. The van der Waals surface area contributed by atoms with Gasteiger partial charge in [0.15, 0.2) is 14.1 Å². The van der Waals surface area contributed by atoms with Crippen molar-refractivity contribution in [3.8, 4) is 0 Å². The maximum Gasteiger partial charge on any atom is 0.191 e. The van der Waals surface area contributed by atoms with Crippen LogP contribution in [0.3, 0.4) is 0 Å². The fourth-order valence-electron chi connectivity index (χ4n) is 4.58. The molecule has 2 rings (SSSR count). The number of hydrogen-bond acceptors (Lipinski definition) is 6. The molecule has 6 nitrogen and oxygen atoms in total. The zero-order valence-corrected chi connectivity index (χ0v) is 25.1. The molecule has 2 aliphatic rings. The molecular weight excluding hydrogens is 460 g/mol. The monoisotopic (exact) mass is 514 g/mol. The molecule has 0 unspecified atom stereocenters. The molecule has 2 heterocycles. The predicted molar refractivity (Wildman–Crippen MR) is 144 cm³/mol. The summed E-state index contributed by atoms with van der Waals surface area (Å²) in [6.45, 7) is 18.4. The number of fused-ring (bicyclic) bond motifs is 1. The second kappa shape index (κ2) is 14.0. The normalized spacial score (nSPS) is 29.1. The summed E-state index contributed by atoms with van der Waals surface area (Å²) >= 11 is 0. The van der Waals surface area contributed by atoms with Crippen LogP contribution in [0.5, 0.6) is 0 Å². The van der Waals surface area contributed by atoms with Crippen LogP contribution in [0.4, 0.5) is 0 Å². The Kier molecular flexibility index (Phi) is 12.4. The minimum absolute atomic E-state index is 0.0709. The minimum Gasteiger partial charge on any atom is -0.417 e. The van der Waals surface area contributed by atoms with E-state index in [1.165, 1.54) is 32.1 Å². The van der Waals surface area contributed by atoms with Gasteiger partial charge in [-0.25, -0.2) is 0 Å². The van der Waals surface area contributed by atoms with E-state index >= 15 is 0 Å². The van der Waals surface area contributed by atoms with Crippen molar-refractivity contribution >= 4 is 8.32 Å². The van der Waals surface area contributed by atoms with Gasteiger partial charge in [0.05, 0.1) is 12.2 Å². The Morgan fingerprint density at radius 3 is 2.29 bits per heavy atom. The zero-order valence-electron chi connectivity index (χ0n) is 24.1. The molecule has 0 N–H and O–H groups in total. The average molecular weight is 515 g/mol. The van der Waals surface area contributed by atoms with Crippen LogP contribution in [0.1, 0.15) is 92.9 Å². The summed E-state index contributed by atoms with van der Waals surface area (Å²) in [6, 6.07) is 0. The van der Waals surface area contributed by atoms with Gasteiger partial charge in [-0.2, -0.15) is 0 Å². The number of hydrogen-bond donors (Lipinski definition) is 0. The van der Waals surface area contributed by atoms with E-state index in [-0.39, 0.29) is 42.4 Å². The van der Waals surface area contributed by atoms with Gasteiger partial charge in [-0.1, -0.05) is 65.5 Å². The first-order valence-electron chi connectivity index (χ1n) is 13.8. The Balaban J connectivity index is 2.04. The van der Waals surface area contributed by atoms with Crippen molar-refractivity contribution in [2.75, 3.05) is 20.5 Å². The van der Waals surface area contributed by atoms with Crippen LogP contribution in [0.15, 0.2) is 12.2 Å². The third kappa shape index (κ3) is 9.51. The summed E-state index contributed by atoms with van der Waals surface area (Å²) in [5, 5.41) is 0.174. The molecule has 0 aliphatic carbocycles. The number of ether oxygens (including phenoxy) is 5. The van der Waals surface area contributed by atoms with Gasteiger partial charge >= 0.3 is 0 Å². The maximum absolute atomic E-state index is 6.66. The van der Waals surface area contributed by atoms with Crippen molar-refractivity contribution in [2.24, 2.45) is 0 Å². The largest absolute Gasteiger partial charge is 0.417 e. The molecule has 0 amide bonds. The van der Waals surface area contributed by atoms with E-state index in [4.69, 9.17) is 28.1 Å². The van der Waals surface area contributed by atoms with E-state index in [1.54, 1.807) is 7.11 Å². The molecule has 7 heteroatoms. The molecule has 2 fully saturated rings. The van der Waals surface area contributed by atoms with Crippen molar-refractivity contribution in [1.29, 1.82) is 0 Å². The topological polar surface area (TPSA) is 55.4 Å². The highest BCUT2D eigenvalue weighted by atomic mass is 28.4. The highest BCUT2D eigenvalue weighted by molar-refractivity contribution is 6.74. The van der Waals surface area contributed by atoms with Gasteiger partial charge < -0.3 is 28.1 Å². The molecule has 2 aliphatic heterocycles. The Morgan fingerprint density at radius 1 is 0.943 bits per heavy atom. The fourth-order valence-corrected chi connectivity index (χ4v) is 5.64. The van der Waals surface area contributed by atoms with Gasteiger partial charge in [0.1, 0.15) is 25.1 Å². The summed E-state index contributed by atoms with van der Waals surface area (Å²) < 4.78 is 37.2. The number of methoxy groups -OCH3 is 1. The molecule has 0 aromatic rings. The smallest absolute Gasteiger partial charge is 0.191 e. The first-order chi connectivity index (χ1) is 16.4. The SMILES string of the molecule is CCCCCCC/C=C/C[C@H]1O[C@@H](CCO[Si](C)(C)C(C)(C)C)[C@@H](OCOC)[C@@H]2OC(C)(C)O[C@@H]21. The van der Waals surface area contributed by atoms with Gasteiger partial charge in [-0.15, -0.1) is 0 Å². The summed E-state index contributed by atoms with van der Waals surface area (Å²) in [4.78, 5) is 0. The molecule has 206 valence electrons. The van der Waals surface area contributed by atoms with Gasteiger partial charge in [0.25, 0.3) is 0 Å². The van der Waals surface area contributed by atoms with E-state index < -0.39 is 14.1 Å². The summed E-state index contributed by atoms with van der Waals surface area (Å²) in [7, 11) is -0.193.